The summed E-state index contributed by atoms with van der Waals surface area (Å²) in [6.45, 7) is 0. The average molecular weight is 358 g/mol. The van der Waals surface area contributed by atoms with Crippen molar-refractivity contribution >= 4 is 28.5 Å². The maximum absolute atomic E-state index is 14.5. The molecule has 0 fully saturated rings. The number of halogens is 2. The number of hydrogen-bond acceptors (Lipinski definition) is 3. The topological polar surface area (TPSA) is 48.3 Å². The van der Waals surface area contributed by atoms with E-state index >= 15 is 0 Å². The van der Waals surface area contributed by atoms with Gasteiger partial charge in [0, 0.05) is 28.9 Å². The van der Waals surface area contributed by atoms with Crippen molar-refractivity contribution in [1.82, 2.24) is 4.57 Å². The third-order valence-corrected chi connectivity index (χ3v) is 4.90. The molecule has 4 rings (SSSR count). The SMILES string of the molecule is Cn1c(=O)c2c(c3ccccc31)OC(=O)C[C@H]2c1c(F)cccc1Cl. The number of rotatable bonds is 1. The van der Waals surface area contributed by atoms with Gasteiger partial charge in [-0.3, -0.25) is 9.59 Å². The van der Waals surface area contributed by atoms with Crippen molar-refractivity contribution in [2.45, 2.75) is 12.3 Å². The molecule has 1 aliphatic heterocycles. The number of hydrogen-bond donors (Lipinski definition) is 0. The number of fused-ring (bicyclic) bond motifs is 3. The summed E-state index contributed by atoms with van der Waals surface area (Å²) < 4.78 is 21.3. The van der Waals surface area contributed by atoms with Gasteiger partial charge < -0.3 is 9.30 Å². The van der Waals surface area contributed by atoms with Crippen molar-refractivity contribution in [3.05, 3.63) is 74.8 Å². The number of aromatic nitrogens is 1. The first-order valence-electron chi connectivity index (χ1n) is 7.75. The zero-order valence-electron chi connectivity index (χ0n) is 13.3. The Morgan fingerprint density at radius 2 is 1.88 bits per heavy atom. The average Bonchev–Trinajstić information content (AvgIpc) is 2.59. The van der Waals surface area contributed by atoms with Crippen LogP contribution in [0.2, 0.25) is 5.02 Å². The van der Waals surface area contributed by atoms with Crippen LogP contribution in [-0.2, 0) is 11.8 Å². The van der Waals surface area contributed by atoms with Crippen LogP contribution in [-0.4, -0.2) is 10.5 Å². The monoisotopic (exact) mass is 357 g/mol. The normalized spacial score (nSPS) is 16.6. The number of carbonyl (C=O) groups excluding carboxylic acids is 1. The van der Waals surface area contributed by atoms with Crippen LogP contribution in [0.5, 0.6) is 5.75 Å². The lowest BCUT2D eigenvalue weighted by atomic mass is 9.85. The van der Waals surface area contributed by atoms with Crippen molar-refractivity contribution in [1.29, 1.82) is 0 Å². The number of ether oxygens (including phenoxy) is 1. The van der Waals surface area contributed by atoms with E-state index in [0.717, 1.165) is 0 Å². The van der Waals surface area contributed by atoms with Gasteiger partial charge in [-0.25, -0.2) is 4.39 Å². The summed E-state index contributed by atoms with van der Waals surface area (Å²) >= 11 is 6.19. The van der Waals surface area contributed by atoms with E-state index in [-0.39, 0.29) is 33.9 Å². The molecular weight excluding hydrogens is 345 g/mol. The van der Waals surface area contributed by atoms with E-state index in [1.807, 2.05) is 0 Å². The molecule has 0 unspecified atom stereocenters. The summed E-state index contributed by atoms with van der Waals surface area (Å²) in [5.41, 5.74) is 0.715. The van der Waals surface area contributed by atoms with E-state index in [1.165, 1.54) is 16.7 Å². The van der Waals surface area contributed by atoms with Crippen LogP contribution in [0.15, 0.2) is 47.3 Å². The third-order valence-electron chi connectivity index (χ3n) is 4.57. The summed E-state index contributed by atoms with van der Waals surface area (Å²) in [6.07, 6.45) is -0.138. The maximum atomic E-state index is 14.5. The Kier molecular flexibility index (Phi) is 3.62. The molecule has 2 aromatic carbocycles. The molecule has 0 saturated heterocycles. The molecule has 0 spiro atoms. The van der Waals surface area contributed by atoms with Gasteiger partial charge in [-0.15, -0.1) is 0 Å². The molecule has 0 amide bonds. The van der Waals surface area contributed by atoms with Crippen molar-refractivity contribution in [3.63, 3.8) is 0 Å². The van der Waals surface area contributed by atoms with Gasteiger partial charge in [0.2, 0.25) is 0 Å². The Morgan fingerprint density at radius 1 is 1.12 bits per heavy atom. The predicted molar refractivity (Wildman–Crippen MR) is 92.7 cm³/mol. The van der Waals surface area contributed by atoms with Crippen molar-refractivity contribution in [2.24, 2.45) is 7.05 Å². The van der Waals surface area contributed by atoms with Crippen molar-refractivity contribution in [3.8, 4) is 5.75 Å². The molecule has 0 aliphatic carbocycles. The molecule has 25 heavy (non-hydrogen) atoms. The third kappa shape index (κ3) is 2.35. The quantitative estimate of drug-likeness (QED) is 0.623. The Labute approximate surface area is 147 Å². The number of carbonyl (C=O) groups is 1. The van der Waals surface area contributed by atoms with Crippen molar-refractivity contribution < 1.29 is 13.9 Å². The Bertz CT molecular complexity index is 1070. The standard InChI is InChI=1S/C19H13ClFNO3/c1-22-14-8-3-2-5-10(14)18-17(19(22)24)11(9-15(23)25-18)16-12(20)6-4-7-13(16)21/h2-8,11H,9H2,1H3/t11-/m0/s1. The molecule has 2 heterocycles. The highest BCUT2D eigenvalue weighted by molar-refractivity contribution is 6.31. The molecule has 0 radical (unpaired) electrons. The fraction of sp³-hybridized carbons (Fsp3) is 0.158. The molecule has 0 saturated carbocycles. The smallest absolute Gasteiger partial charge is 0.312 e. The number of aryl methyl sites for hydroxylation is 1. The summed E-state index contributed by atoms with van der Waals surface area (Å²) in [6, 6.07) is 11.4. The number of nitrogens with zero attached hydrogens (tertiary/aromatic N) is 1. The second-order valence-electron chi connectivity index (χ2n) is 5.99. The minimum atomic E-state index is -0.784. The van der Waals surface area contributed by atoms with E-state index < -0.39 is 17.7 Å². The van der Waals surface area contributed by atoms with Crippen LogP contribution < -0.4 is 10.3 Å². The lowest BCUT2D eigenvalue weighted by Crippen LogP contribution is -2.32. The fourth-order valence-corrected chi connectivity index (χ4v) is 3.72. The predicted octanol–water partition coefficient (Wildman–Crippen LogP) is 3.77. The summed E-state index contributed by atoms with van der Waals surface area (Å²) in [5.74, 6) is -1.66. The molecule has 6 heteroatoms. The highest BCUT2D eigenvalue weighted by Crippen LogP contribution is 2.43. The van der Waals surface area contributed by atoms with E-state index in [0.29, 0.717) is 10.9 Å². The number of para-hydroxylation sites is 1. The van der Waals surface area contributed by atoms with E-state index in [4.69, 9.17) is 16.3 Å². The van der Waals surface area contributed by atoms with Crippen LogP contribution in [0.4, 0.5) is 4.39 Å². The molecule has 1 aromatic heterocycles. The Morgan fingerprint density at radius 3 is 2.64 bits per heavy atom. The van der Waals surface area contributed by atoms with E-state index in [9.17, 15) is 14.0 Å². The second-order valence-corrected chi connectivity index (χ2v) is 6.40. The van der Waals surface area contributed by atoms with Gasteiger partial charge >= 0.3 is 5.97 Å². The summed E-state index contributed by atoms with van der Waals surface area (Å²) in [5, 5.41) is 0.811. The van der Waals surface area contributed by atoms with Gasteiger partial charge in [0.25, 0.3) is 5.56 Å². The number of esters is 1. The van der Waals surface area contributed by atoms with Crippen LogP contribution in [0, 0.1) is 5.82 Å². The second kappa shape index (κ2) is 5.70. The van der Waals surface area contributed by atoms with Crippen LogP contribution >= 0.6 is 11.6 Å². The molecule has 3 aromatic rings. The van der Waals surface area contributed by atoms with Gasteiger partial charge in [-0.2, -0.15) is 0 Å². The highest BCUT2D eigenvalue weighted by Gasteiger charge is 2.35. The minimum Gasteiger partial charge on any atom is -0.425 e. The van der Waals surface area contributed by atoms with Gasteiger partial charge in [0.15, 0.2) is 0 Å². The first-order valence-corrected chi connectivity index (χ1v) is 8.13. The molecule has 1 atom stereocenters. The summed E-state index contributed by atoms with van der Waals surface area (Å²) in [4.78, 5) is 25.1. The van der Waals surface area contributed by atoms with Gasteiger partial charge in [0.05, 0.1) is 17.5 Å². The molecule has 0 N–H and O–H groups in total. The summed E-state index contributed by atoms with van der Waals surface area (Å²) in [7, 11) is 1.64. The van der Waals surface area contributed by atoms with E-state index in [2.05, 4.69) is 0 Å². The van der Waals surface area contributed by atoms with Crippen LogP contribution in [0.1, 0.15) is 23.5 Å². The largest absolute Gasteiger partial charge is 0.425 e. The minimum absolute atomic E-state index is 0.138. The molecule has 1 aliphatic rings. The Hall–Kier alpha value is -2.66. The number of benzene rings is 2. The van der Waals surface area contributed by atoms with Crippen LogP contribution in [0.3, 0.4) is 0 Å². The van der Waals surface area contributed by atoms with E-state index in [1.54, 1.807) is 37.4 Å². The van der Waals surface area contributed by atoms with Gasteiger partial charge in [0.1, 0.15) is 11.6 Å². The lowest BCUT2D eigenvalue weighted by Gasteiger charge is -2.27. The van der Waals surface area contributed by atoms with Crippen LogP contribution in [0.25, 0.3) is 10.9 Å². The first kappa shape index (κ1) is 15.8. The zero-order chi connectivity index (χ0) is 17.7. The first-order chi connectivity index (χ1) is 12.0. The molecular formula is C19H13ClFNO3. The molecule has 126 valence electrons. The lowest BCUT2D eigenvalue weighted by molar-refractivity contribution is -0.135. The van der Waals surface area contributed by atoms with Gasteiger partial charge in [-0.1, -0.05) is 29.8 Å². The zero-order valence-corrected chi connectivity index (χ0v) is 14.0. The number of pyridine rings is 1. The van der Waals surface area contributed by atoms with Gasteiger partial charge in [-0.05, 0) is 24.3 Å². The fourth-order valence-electron chi connectivity index (χ4n) is 3.42. The molecule has 4 nitrogen and oxygen atoms in total. The Balaban J connectivity index is 2.11. The highest BCUT2D eigenvalue weighted by atomic mass is 35.5. The maximum Gasteiger partial charge on any atom is 0.312 e. The van der Waals surface area contributed by atoms with Crippen molar-refractivity contribution in [2.75, 3.05) is 0 Å². The molecule has 0 bridgehead atoms.